The van der Waals surface area contributed by atoms with Crippen LogP contribution in [0.3, 0.4) is 0 Å². The Labute approximate surface area is 116 Å². The van der Waals surface area contributed by atoms with Crippen LogP contribution in [0, 0.1) is 5.92 Å². The second kappa shape index (κ2) is 7.51. The fourth-order valence-electron chi connectivity index (χ4n) is 2.54. The summed E-state index contributed by atoms with van der Waals surface area (Å²) in [6.45, 7) is 8.41. The van der Waals surface area contributed by atoms with Gasteiger partial charge in [0.2, 0.25) is 11.8 Å². The van der Waals surface area contributed by atoms with Crippen molar-refractivity contribution < 1.29 is 9.59 Å². The maximum atomic E-state index is 12.4. The van der Waals surface area contributed by atoms with Gasteiger partial charge in [-0.15, -0.1) is 0 Å². The van der Waals surface area contributed by atoms with Gasteiger partial charge in [0, 0.05) is 6.04 Å². The lowest BCUT2D eigenvalue weighted by Gasteiger charge is -2.38. The highest BCUT2D eigenvalue weighted by Crippen LogP contribution is 2.17. The summed E-state index contributed by atoms with van der Waals surface area (Å²) in [5.74, 6) is 0.197. The molecule has 1 aliphatic heterocycles. The van der Waals surface area contributed by atoms with Crippen LogP contribution in [0.5, 0.6) is 0 Å². The topological polar surface area (TPSA) is 49.4 Å². The molecule has 1 aliphatic rings. The van der Waals surface area contributed by atoms with E-state index in [2.05, 4.69) is 19.2 Å². The molecule has 0 bridgehead atoms. The number of nitrogens with one attached hydrogen (secondary N) is 1. The summed E-state index contributed by atoms with van der Waals surface area (Å²) in [6.07, 6.45) is 5.80. The predicted molar refractivity (Wildman–Crippen MR) is 76.7 cm³/mol. The van der Waals surface area contributed by atoms with Crippen molar-refractivity contribution in [3.05, 3.63) is 0 Å². The molecule has 2 unspecified atom stereocenters. The van der Waals surface area contributed by atoms with E-state index in [1.807, 2.05) is 13.8 Å². The highest BCUT2D eigenvalue weighted by atomic mass is 16.2. The molecule has 0 aliphatic carbocycles. The van der Waals surface area contributed by atoms with Gasteiger partial charge in [-0.25, -0.2) is 0 Å². The van der Waals surface area contributed by atoms with Crippen LogP contribution in [0.2, 0.25) is 0 Å². The van der Waals surface area contributed by atoms with Gasteiger partial charge in [-0.3, -0.25) is 9.59 Å². The van der Waals surface area contributed by atoms with Crippen molar-refractivity contribution in [3.8, 4) is 0 Å². The molecular weight excluding hydrogens is 240 g/mol. The smallest absolute Gasteiger partial charge is 0.246 e. The molecule has 0 radical (unpaired) electrons. The van der Waals surface area contributed by atoms with Gasteiger partial charge in [0.05, 0.1) is 6.54 Å². The molecule has 4 nitrogen and oxygen atoms in total. The Morgan fingerprint density at radius 3 is 2.47 bits per heavy atom. The van der Waals surface area contributed by atoms with E-state index in [4.69, 9.17) is 0 Å². The molecule has 1 heterocycles. The van der Waals surface area contributed by atoms with Crippen molar-refractivity contribution >= 4 is 11.8 Å². The molecule has 0 aromatic rings. The Bertz CT molecular complexity index is 315. The third-order valence-electron chi connectivity index (χ3n) is 3.85. The summed E-state index contributed by atoms with van der Waals surface area (Å²) < 4.78 is 0. The molecule has 0 saturated carbocycles. The molecule has 1 rings (SSSR count). The SMILES string of the molecule is CCCCCCC(C)N1CC(=O)NC(C(C)C)C1=O. The van der Waals surface area contributed by atoms with E-state index in [1.54, 1.807) is 4.90 Å². The molecular formula is C15H28N2O2. The van der Waals surface area contributed by atoms with E-state index in [9.17, 15) is 9.59 Å². The average Bonchev–Trinajstić information content (AvgIpc) is 2.36. The van der Waals surface area contributed by atoms with E-state index < -0.39 is 0 Å². The lowest BCUT2D eigenvalue weighted by Crippen LogP contribution is -2.61. The summed E-state index contributed by atoms with van der Waals surface area (Å²) in [7, 11) is 0. The maximum absolute atomic E-state index is 12.4. The zero-order chi connectivity index (χ0) is 14.4. The Kier molecular flexibility index (Phi) is 6.32. The number of rotatable bonds is 7. The van der Waals surface area contributed by atoms with Crippen molar-refractivity contribution in [1.29, 1.82) is 0 Å². The number of nitrogens with zero attached hydrogens (tertiary/aromatic N) is 1. The van der Waals surface area contributed by atoms with Crippen LogP contribution in [0.1, 0.15) is 59.8 Å². The molecule has 1 saturated heterocycles. The number of amides is 2. The largest absolute Gasteiger partial charge is 0.343 e. The first-order valence-electron chi connectivity index (χ1n) is 7.57. The standard InChI is InChI=1S/C15H28N2O2/c1-5-6-7-8-9-12(4)17-10-13(18)16-14(11(2)3)15(17)19/h11-12,14H,5-10H2,1-4H3,(H,16,18). The first-order chi connectivity index (χ1) is 8.97. The lowest BCUT2D eigenvalue weighted by molar-refractivity contribution is -0.147. The van der Waals surface area contributed by atoms with E-state index >= 15 is 0 Å². The zero-order valence-corrected chi connectivity index (χ0v) is 12.7. The van der Waals surface area contributed by atoms with Gasteiger partial charge >= 0.3 is 0 Å². The summed E-state index contributed by atoms with van der Waals surface area (Å²) in [5, 5.41) is 2.80. The lowest BCUT2D eigenvalue weighted by atomic mass is 9.98. The van der Waals surface area contributed by atoms with Gasteiger partial charge in [0.15, 0.2) is 0 Å². The number of hydrogen-bond acceptors (Lipinski definition) is 2. The Morgan fingerprint density at radius 1 is 1.21 bits per heavy atom. The highest BCUT2D eigenvalue weighted by Gasteiger charge is 2.36. The van der Waals surface area contributed by atoms with Crippen LogP contribution < -0.4 is 5.32 Å². The van der Waals surface area contributed by atoms with Gasteiger partial charge in [0.25, 0.3) is 0 Å². The fourth-order valence-corrected chi connectivity index (χ4v) is 2.54. The van der Waals surface area contributed by atoms with Crippen LogP contribution in [0.15, 0.2) is 0 Å². The Hall–Kier alpha value is -1.06. The predicted octanol–water partition coefficient (Wildman–Crippen LogP) is 2.33. The molecule has 4 heteroatoms. The maximum Gasteiger partial charge on any atom is 0.246 e. The second-order valence-electron chi connectivity index (χ2n) is 5.95. The summed E-state index contributed by atoms with van der Waals surface area (Å²) in [6, 6.07) is -0.184. The second-order valence-corrected chi connectivity index (χ2v) is 5.95. The summed E-state index contributed by atoms with van der Waals surface area (Å²) in [5.41, 5.74) is 0. The number of carbonyl (C=O) groups excluding carboxylic acids is 2. The molecule has 0 spiro atoms. The molecule has 2 amide bonds. The summed E-state index contributed by atoms with van der Waals surface area (Å²) >= 11 is 0. The molecule has 1 N–H and O–H groups in total. The van der Waals surface area contributed by atoms with Gasteiger partial charge in [-0.2, -0.15) is 0 Å². The van der Waals surface area contributed by atoms with E-state index in [0.29, 0.717) is 0 Å². The van der Waals surface area contributed by atoms with Crippen LogP contribution in [-0.4, -0.2) is 35.3 Å². The van der Waals surface area contributed by atoms with Gasteiger partial charge in [-0.1, -0.05) is 46.5 Å². The average molecular weight is 268 g/mol. The van der Waals surface area contributed by atoms with Gasteiger partial charge < -0.3 is 10.2 Å². The molecule has 1 fully saturated rings. The first kappa shape index (κ1) is 16.0. The molecule has 19 heavy (non-hydrogen) atoms. The third kappa shape index (κ3) is 4.51. The molecule has 110 valence electrons. The van der Waals surface area contributed by atoms with Crippen molar-refractivity contribution in [2.45, 2.75) is 71.9 Å². The minimum Gasteiger partial charge on any atom is -0.343 e. The Balaban J connectivity index is 2.54. The van der Waals surface area contributed by atoms with Crippen molar-refractivity contribution in [3.63, 3.8) is 0 Å². The van der Waals surface area contributed by atoms with E-state index in [1.165, 1.54) is 19.3 Å². The number of unbranched alkanes of at least 4 members (excludes halogenated alkanes) is 3. The van der Waals surface area contributed by atoms with Crippen molar-refractivity contribution in [2.24, 2.45) is 5.92 Å². The minimum absolute atomic E-state index is 0.0290. The Morgan fingerprint density at radius 2 is 1.89 bits per heavy atom. The normalized spacial score (nSPS) is 21.7. The van der Waals surface area contributed by atoms with Gasteiger partial charge in [-0.05, 0) is 19.3 Å². The van der Waals surface area contributed by atoms with Gasteiger partial charge in [0.1, 0.15) is 6.04 Å². The quantitative estimate of drug-likeness (QED) is 0.720. The fraction of sp³-hybridized carbons (Fsp3) is 0.867. The highest BCUT2D eigenvalue weighted by molar-refractivity contribution is 5.95. The first-order valence-corrected chi connectivity index (χ1v) is 7.57. The number of hydrogen-bond donors (Lipinski definition) is 1. The zero-order valence-electron chi connectivity index (χ0n) is 12.7. The minimum atomic E-state index is -0.348. The van der Waals surface area contributed by atoms with Crippen molar-refractivity contribution in [1.82, 2.24) is 10.2 Å². The van der Waals surface area contributed by atoms with E-state index in [0.717, 1.165) is 12.8 Å². The van der Waals surface area contributed by atoms with Crippen molar-refractivity contribution in [2.75, 3.05) is 6.54 Å². The monoisotopic (exact) mass is 268 g/mol. The van der Waals surface area contributed by atoms with E-state index in [-0.39, 0.29) is 36.4 Å². The molecule has 0 aromatic heterocycles. The van der Waals surface area contributed by atoms with Crippen LogP contribution in [0.25, 0.3) is 0 Å². The molecule has 2 atom stereocenters. The summed E-state index contributed by atoms with van der Waals surface area (Å²) in [4.78, 5) is 25.8. The van der Waals surface area contributed by atoms with Crippen LogP contribution in [0.4, 0.5) is 0 Å². The third-order valence-corrected chi connectivity index (χ3v) is 3.85. The number of piperazine rings is 1. The van der Waals surface area contributed by atoms with Crippen LogP contribution in [-0.2, 0) is 9.59 Å². The van der Waals surface area contributed by atoms with Crippen LogP contribution >= 0.6 is 0 Å². The molecule has 0 aromatic carbocycles. The number of carbonyl (C=O) groups is 2.